The molecule has 1 saturated heterocycles. The number of nitrogens with zero attached hydrogens (tertiary/aromatic N) is 5. The smallest absolute Gasteiger partial charge is 0.273 e. The van der Waals surface area contributed by atoms with Crippen molar-refractivity contribution >= 4 is 5.91 Å². The zero-order chi connectivity index (χ0) is 18.0. The Morgan fingerprint density at radius 2 is 2.12 bits per heavy atom. The molecular weight excluding hydrogens is 314 g/mol. The van der Waals surface area contributed by atoms with Crippen LogP contribution in [0, 0.1) is 13.8 Å². The minimum atomic E-state index is -0.00874. The fourth-order valence-electron chi connectivity index (χ4n) is 3.40. The van der Waals surface area contributed by atoms with Crippen molar-refractivity contribution in [1.29, 1.82) is 0 Å². The molecule has 3 rings (SSSR count). The molecule has 0 spiro atoms. The molecule has 1 atom stereocenters. The Balaban J connectivity index is 1.96. The fraction of sp³-hybridized carbons (Fsp3) is 0.474. The average Bonchev–Trinajstić information content (AvgIpc) is 3.05. The van der Waals surface area contributed by atoms with Crippen LogP contribution in [0.25, 0.3) is 0 Å². The molecule has 2 aromatic heterocycles. The summed E-state index contributed by atoms with van der Waals surface area (Å²) in [5.74, 6) is 0.735. The van der Waals surface area contributed by atoms with Gasteiger partial charge in [0.05, 0.1) is 11.7 Å². The summed E-state index contributed by atoms with van der Waals surface area (Å²) in [5.41, 5.74) is 3.50. The number of amides is 1. The topological polar surface area (TPSA) is 62.2 Å². The zero-order valence-electron chi connectivity index (χ0n) is 15.4. The molecule has 25 heavy (non-hydrogen) atoms. The summed E-state index contributed by atoms with van der Waals surface area (Å²) in [6.07, 6.45) is 5.48. The van der Waals surface area contributed by atoms with Gasteiger partial charge in [0.25, 0.3) is 5.91 Å². The van der Waals surface area contributed by atoms with Gasteiger partial charge in [0.1, 0.15) is 11.5 Å². The van der Waals surface area contributed by atoms with Crippen LogP contribution in [-0.2, 0) is 6.54 Å². The molecule has 0 saturated carbocycles. The van der Waals surface area contributed by atoms with Gasteiger partial charge >= 0.3 is 0 Å². The van der Waals surface area contributed by atoms with Gasteiger partial charge in [-0.3, -0.25) is 9.78 Å². The fourth-order valence-corrected chi connectivity index (χ4v) is 3.40. The van der Waals surface area contributed by atoms with E-state index in [1.165, 1.54) is 0 Å². The van der Waals surface area contributed by atoms with E-state index in [9.17, 15) is 4.79 Å². The highest BCUT2D eigenvalue weighted by atomic mass is 16.2. The Hall–Kier alpha value is -2.34. The molecule has 6 nitrogen and oxygen atoms in total. The molecule has 1 fully saturated rings. The number of hydrogen-bond acceptors (Lipinski definition) is 5. The maximum Gasteiger partial charge on any atom is 0.273 e. The molecule has 1 amide bonds. The third kappa shape index (κ3) is 3.69. The van der Waals surface area contributed by atoms with E-state index in [4.69, 9.17) is 4.98 Å². The molecule has 0 aromatic carbocycles. The van der Waals surface area contributed by atoms with E-state index in [0.717, 1.165) is 48.6 Å². The van der Waals surface area contributed by atoms with Crippen LogP contribution >= 0.6 is 0 Å². The minimum absolute atomic E-state index is 0.00679. The Morgan fingerprint density at radius 1 is 1.32 bits per heavy atom. The largest absolute Gasteiger partial charge is 0.329 e. The highest BCUT2D eigenvalue weighted by molar-refractivity contribution is 5.94. The molecule has 0 N–H and O–H groups in total. The molecule has 0 aliphatic carbocycles. The van der Waals surface area contributed by atoms with Crippen molar-refractivity contribution in [3.8, 4) is 0 Å². The van der Waals surface area contributed by atoms with Crippen molar-refractivity contribution in [2.45, 2.75) is 39.3 Å². The van der Waals surface area contributed by atoms with Crippen LogP contribution in [0.2, 0.25) is 0 Å². The molecule has 0 radical (unpaired) electrons. The van der Waals surface area contributed by atoms with Crippen LogP contribution in [0.1, 0.15) is 52.0 Å². The maximum atomic E-state index is 13.1. The summed E-state index contributed by atoms with van der Waals surface area (Å²) in [7, 11) is 4.05. The van der Waals surface area contributed by atoms with Gasteiger partial charge in [0.2, 0.25) is 0 Å². The first kappa shape index (κ1) is 17.5. The van der Waals surface area contributed by atoms with E-state index in [0.29, 0.717) is 5.69 Å². The second-order valence-electron chi connectivity index (χ2n) is 6.89. The van der Waals surface area contributed by atoms with Crippen LogP contribution in [0.3, 0.4) is 0 Å². The molecule has 132 valence electrons. The van der Waals surface area contributed by atoms with Crippen molar-refractivity contribution in [2.75, 3.05) is 20.6 Å². The predicted molar refractivity (Wildman–Crippen MR) is 96.1 cm³/mol. The van der Waals surface area contributed by atoms with Crippen molar-refractivity contribution in [2.24, 2.45) is 0 Å². The van der Waals surface area contributed by atoms with Gasteiger partial charge in [-0.05, 0) is 52.4 Å². The predicted octanol–water partition coefficient (Wildman–Crippen LogP) is 2.53. The van der Waals surface area contributed by atoms with E-state index in [-0.39, 0.29) is 11.9 Å². The minimum Gasteiger partial charge on any atom is -0.329 e. The number of likely N-dealkylation sites (tertiary alicyclic amines) is 1. The van der Waals surface area contributed by atoms with Gasteiger partial charge in [0, 0.05) is 31.0 Å². The lowest BCUT2D eigenvalue weighted by Crippen LogP contribution is -2.33. The third-order valence-corrected chi connectivity index (χ3v) is 4.55. The number of aryl methyl sites for hydroxylation is 2. The molecule has 6 heteroatoms. The van der Waals surface area contributed by atoms with E-state index in [2.05, 4.69) is 14.9 Å². The number of rotatable bonds is 4. The van der Waals surface area contributed by atoms with E-state index < -0.39 is 0 Å². The van der Waals surface area contributed by atoms with Gasteiger partial charge in [0.15, 0.2) is 0 Å². The van der Waals surface area contributed by atoms with Gasteiger partial charge in [-0.1, -0.05) is 6.07 Å². The summed E-state index contributed by atoms with van der Waals surface area (Å²) >= 11 is 0. The lowest BCUT2D eigenvalue weighted by molar-refractivity contribution is 0.0725. The number of hydrogen-bond donors (Lipinski definition) is 0. The molecule has 2 aromatic rings. The maximum absolute atomic E-state index is 13.1. The van der Waals surface area contributed by atoms with Crippen LogP contribution < -0.4 is 0 Å². The Morgan fingerprint density at radius 3 is 2.84 bits per heavy atom. The van der Waals surface area contributed by atoms with Gasteiger partial charge in [-0.2, -0.15) is 0 Å². The summed E-state index contributed by atoms with van der Waals surface area (Å²) in [6.45, 7) is 5.32. The van der Waals surface area contributed by atoms with Crippen molar-refractivity contribution in [3.63, 3.8) is 0 Å². The summed E-state index contributed by atoms with van der Waals surface area (Å²) in [5, 5.41) is 0. The molecule has 0 bridgehead atoms. The first-order valence-electron chi connectivity index (χ1n) is 8.67. The third-order valence-electron chi connectivity index (χ3n) is 4.55. The van der Waals surface area contributed by atoms with Crippen LogP contribution in [-0.4, -0.2) is 51.3 Å². The number of aromatic nitrogens is 3. The first-order valence-corrected chi connectivity index (χ1v) is 8.67. The van der Waals surface area contributed by atoms with Crippen LogP contribution in [0.5, 0.6) is 0 Å². The van der Waals surface area contributed by atoms with Gasteiger partial charge in [-0.25, -0.2) is 9.97 Å². The van der Waals surface area contributed by atoms with E-state index >= 15 is 0 Å². The highest BCUT2D eigenvalue weighted by Gasteiger charge is 2.34. The zero-order valence-corrected chi connectivity index (χ0v) is 15.4. The Bertz CT molecular complexity index is 774. The molecule has 3 heterocycles. The Kier molecular flexibility index (Phi) is 5.08. The van der Waals surface area contributed by atoms with Crippen LogP contribution in [0.4, 0.5) is 0 Å². The standard InChI is InChI=1S/C19H25N5O/c1-13-7-5-9-20-17(13)19(25)24-10-6-8-16(24)18-15(12-23(3)4)11-21-14(2)22-18/h5,7,9,11,16H,6,8,10,12H2,1-4H3. The monoisotopic (exact) mass is 339 g/mol. The second-order valence-corrected chi connectivity index (χ2v) is 6.89. The number of carbonyl (C=O) groups is 1. The normalized spacial score (nSPS) is 17.3. The van der Waals surface area contributed by atoms with E-state index in [1.54, 1.807) is 6.20 Å². The SMILES string of the molecule is Cc1ncc(CN(C)C)c(C2CCCN2C(=O)c2ncccc2C)n1. The number of carbonyl (C=O) groups excluding carboxylic acids is 1. The summed E-state index contributed by atoms with van der Waals surface area (Å²) in [4.78, 5) is 30.5. The lowest BCUT2D eigenvalue weighted by Gasteiger charge is -2.27. The highest BCUT2D eigenvalue weighted by Crippen LogP contribution is 2.34. The number of pyridine rings is 1. The lowest BCUT2D eigenvalue weighted by atomic mass is 10.0. The summed E-state index contributed by atoms with van der Waals surface area (Å²) < 4.78 is 0. The molecule has 1 aliphatic heterocycles. The van der Waals surface area contributed by atoms with Crippen molar-refractivity contribution in [3.05, 3.63) is 52.9 Å². The van der Waals surface area contributed by atoms with E-state index in [1.807, 2.05) is 51.2 Å². The molecular formula is C19H25N5O. The molecule has 1 aliphatic rings. The molecule has 1 unspecified atom stereocenters. The Labute approximate surface area is 148 Å². The van der Waals surface area contributed by atoms with Crippen molar-refractivity contribution < 1.29 is 4.79 Å². The average molecular weight is 339 g/mol. The summed E-state index contributed by atoms with van der Waals surface area (Å²) in [6, 6.07) is 3.78. The second kappa shape index (κ2) is 7.27. The first-order chi connectivity index (χ1) is 12.0. The van der Waals surface area contributed by atoms with Crippen LogP contribution in [0.15, 0.2) is 24.5 Å². The van der Waals surface area contributed by atoms with Gasteiger partial charge < -0.3 is 9.80 Å². The quantitative estimate of drug-likeness (QED) is 0.856. The van der Waals surface area contributed by atoms with Gasteiger partial charge in [-0.15, -0.1) is 0 Å². The van der Waals surface area contributed by atoms with Crippen molar-refractivity contribution in [1.82, 2.24) is 24.8 Å².